The summed E-state index contributed by atoms with van der Waals surface area (Å²) in [4.78, 5) is 13.0. The molecule has 2 aliphatic carbocycles. The molecule has 37 heavy (non-hydrogen) atoms. The van der Waals surface area contributed by atoms with E-state index in [1.165, 1.54) is 24.5 Å². The Morgan fingerprint density at radius 2 is 2.08 bits per heavy atom. The average Bonchev–Trinajstić information content (AvgIpc) is 3.32. The Kier molecular flexibility index (Phi) is 6.45. The lowest BCUT2D eigenvalue weighted by Crippen LogP contribution is -2.39. The number of aliphatic carboxylic acids is 1. The first kappa shape index (κ1) is 24.4. The number of carbonyl (C=O) groups is 1. The number of piperidine rings is 1. The zero-order valence-electron chi connectivity index (χ0n) is 20.9. The van der Waals surface area contributed by atoms with Crippen LogP contribution in [-0.2, 0) is 22.6 Å². The second-order valence-electron chi connectivity index (χ2n) is 10.7. The molecule has 3 aromatic rings. The first-order valence-corrected chi connectivity index (χ1v) is 13.5. The van der Waals surface area contributed by atoms with E-state index in [1.54, 1.807) is 6.07 Å². The zero-order valence-corrected chi connectivity index (χ0v) is 21.6. The first-order valence-electron chi connectivity index (χ1n) is 13.1. The number of ether oxygens (including phenoxy) is 1. The fourth-order valence-electron chi connectivity index (χ4n) is 6.13. The number of carboxylic acids is 1. The molecule has 6 nitrogen and oxygen atoms in total. The van der Waals surface area contributed by atoms with Crippen LogP contribution < -0.4 is 4.90 Å². The maximum Gasteiger partial charge on any atom is 0.303 e. The highest BCUT2D eigenvalue weighted by Crippen LogP contribution is 2.45. The minimum Gasteiger partial charge on any atom is -0.481 e. The van der Waals surface area contributed by atoms with Crippen molar-refractivity contribution in [1.29, 1.82) is 0 Å². The highest BCUT2D eigenvalue weighted by molar-refractivity contribution is 6.32. The van der Waals surface area contributed by atoms with Crippen molar-refractivity contribution in [3.63, 3.8) is 0 Å². The van der Waals surface area contributed by atoms with Gasteiger partial charge in [-0.15, -0.1) is 0 Å². The largest absolute Gasteiger partial charge is 0.481 e. The predicted octanol–water partition coefficient (Wildman–Crippen LogP) is 6.05. The van der Waals surface area contributed by atoms with Gasteiger partial charge in [-0.1, -0.05) is 29.8 Å². The van der Waals surface area contributed by atoms with Crippen LogP contribution >= 0.6 is 11.6 Å². The van der Waals surface area contributed by atoms with Crippen LogP contribution in [0, 0.1) is 18.7 Å². The summed E-state index contributed by atoms with van der Waals surface area (Å²) in [5.74, 6) is -0.256. The summed E-state index contributed by atoms with van der Waals surface area (Å²) in [6, 6.07) is 11.3. The van der Waals surface area contributed by atoms with E-state index in [9.17, 15) is 9.18 Å². The summed E-state index contributed by atoms with van der Waals surface area (Å²) in [7, 11) is 0. The van der Waals surface area contributed by atoms with Crippen molar-refractivity contribution >= 4 is 23.3 Å². The monoisotopic (exact) mass is 523 g/mol. The van der Waals surface area contributed by atoms with Gasteiger partial charge < -0.3 is 14.7 Å². The predicted molar refractivity (Wildman–Crippen MR) is 140 cm³/mol. The van der Waals surface area contributed by atoms with Crippen molar-refractivity contribution in [3.8, 4) is 5.69 Å². The van der Waals surface area contributed by atoms with Gasteiger partial charge in [0, 0.05) is 24.9 Å². The van der Waals surface area contributed by atoms with Crippen LogP contribution in [0.15, 0.2) is 42.6 Å². The van der Waals surface area contributed by atoms with E-state index in [0.29, 0.717) is 41.1 Å². The standard InChI is InChI=1S/C29H31ClFN3O3/c1-17-3-2-4-23(30)29(17)34-26(22(14-32-34)19-7-8-19)16-37-27-13-21-12-20(27)15-33(21)25-9-5-18(11-24(25)31)6-10-28(35)36/h2-5,9,11,14,19-21,27H,6-8,10,12-13,15-16H2,1H3,(H,35,36)/t20-,21-,27?/m0/s1. The highest BCUT2D eigenvalue weighted by atomic mass is 35.5. The zero-order chi connectivity index (χ0) is 25.7. The van der Waals surface area contributed by atoms with Gasteiger partial charge in [-0.3, -0.25) is 4.79 Å². The molecule has 3 atom stereocenters. The number of carboxylic acid groups (broad SMARTS) is 1. The van der Waals surface area contributed by atoms with Crippen molar-refractivity contribution in [2.75, 3.05) is 11.4 Å². The SMILES string of the molecule is Cc1cccc(Cl)c1-n1ncc(C2CC2)c1COC1C[C@@H]2C[C@H]1CN2c1ccc(CCC(=O)O)cc1F. The highest BCUT2D eigenvalue weighted by Gasteiger charge is 2.46. The number of halogens is 2. The lowest BCUT2D eigenvalue weighted by atomic mass is 10.0. The molecule has 1 N–H and O–H groups in total. The number of aromatic nitrogens is 2. The van der Waals surface area contributed by atoms with Gasteiger partial charge in [-0.2, -0.15) is 5.10 Å². The summed E-state index contributed by atoms with van der Waals surface area (Å²) >= 11 is 6.58. The molecular weight excluding hydrogens is 493 g/mol. The van der Waals surface area contributed by atoms with Crippen LogP contribution in [0.3, 0.4) is 0 Å². The van der Waals surface area contributed by atoms with E-state index in [0.717, 1.165) is 36.3 Å². The van der Waals surface area contributed by atoms with E-state index in [1.807, 2.05) is 42.1 Å². The maximum atomic E-state index is 14.9. The van der Waals surface area contributed by atoms with Crippen LogP contribution in [-0.4, -0.2) is 39.5 Å². The van der Waals surface area contributed by atoms with Gasteiger partial charge in [-0.05, 0) is 79.8 Å². The fourth-order valence-corrected chi connectivity index (χ4v) is 6.43. The summed E-state index contributed by atoms with van der Waals surface area (Å²) in [5, 5.41) is 14.3. The fraction of sp³-hybridized carbons (Fsp3) is 0.448. The average molecular weight is 524 g/mol. The summed E-state index contributed by atoms with van der Waals surface area (Å²) < 4.78 is 23.5. The van der Waals surface area contributed by atoms with Gasteiger partial charge in [0.2, 0.25) is 0 Å². The number of aryl methyl sites for hydroxylation is 2. The van der Waals surface area contributed by atoms with E-state index in [-0.39, 0.29) is 24.4 Å². The molecule has 0 spiro atoms. The molecule has 0 radical (unpaired) electrons. The molecule has 194 valence electrons. The van der Waals surface area contributed by atoms with Crippen molar-refractivity contribution in [2.45, 2.75) is 70.1 Å². The molecule has 1 unspecified atom stereocenters. The number of para-hydroxylation sites is 1. The summed E-state index contributed by atoms with van der Waals surface area (Å²) in [6.07, 6.45) is 6.66. The van der Waals surface area contributed by atoms with Crippen LogP contribution in [0.2, 0.25) is 5.02 Å². The number of fused-ring (bicyclic) bond motifs is 2. The van der Waals surface area contributed by atoms with Gasteiger partial charge in [0.05, 0.1) is 41.0 Å². The number of rotatable bonds is 9. The Balaban J connectivity index is 1.15. The third kappa shape index (κ3) is 4.75. The Labute approximate surface area is 221 Å². The van der Waals surface area contributed by atoms with E-state index < -0.39 is 5.97 Å². The lowest BCUT2D eigenvalue weighted by Gasteiger charge is -2.33. The molecule has 0 amide bonds. The smallest absolute Gasteiger partial charge is 0.303 e. The molecule has 2 aromatic carbocycles. The van der Waals surface area contributed by atoms with Crippen molar-refractivity contribution in [3.05, 3.63) is 75.8 Å². The first-order chi connectivity index (χ1) is 17.9. The second kappa shape index (κ2) is 9.76. The minimum atomic E-state index is -0.873. The van der Waals surface area contributed by atoms with Crippen molar-refractivity contribution in [1.82, 2.24) is 9.78 Å². The Hall–Kier alpha value is -2.90. The topological polar surface area (TPSA) is 67.6 Å². The third-order valence-corrected chi connectivity index (χ3v) is 8.48. The molecule has 8 heteroatoms. The van der Waals surface area contributed by atoms with E-state index in [4.69, 9.17) is 26.5 Å². The van der Waals surface area contributed by atoms with Gasteiger partial charge >= 0.3 is 5.97 Å². The molecule has 6 rings (SSSR count). The Morgan fingerprint density at radius 1 is 1.24 bits per heavy atom. The molecule has 2 saturated carbocycles. The normalized spacial score (nSPS) is 22.7. The molecule has 2 bridgehead atoms. The molecule has 3 fully saturated rings. The van der Waals surface area contributed by atoms with E-state index >= 15 is 0 Å². The summed E-state index contributed by atoms with van der Waals surface area (Å²) in [6.45, 7) is 3.29. The van der Waals surface area contributed by atoms with Crippen LogP contribution in [0.5, 0.6) is 0 Å². The molecule has 1 aliphatic heterocycles. The quantitative estimate of drug-likeness (QED) is 0.369. The second-order valence-corrected chi connectivity index (χ2v) is 11.1. The lowest BCUT2D eigenvalue weighted by molar-refractivity contribution is -0.136. The Morgan fingerprint density at radius 3 is 2.76 bits per heavy atom. The van der Waals surface area contributed by atoms with Crippen LogP contribution in [0.4, 0.5) is 10.1 Å². The van der Waals surface area contributed by atoms with Crippen LogP contribution in [0.1, 0.15) is 60.4 Å². The molecule has 1 aromatic heterocycles. The van der Waals surface area contributed by atoms with Crippen molar-refractivity contribution < 1.29 is 19.0 Å². The Bertz CT molecular complexity index is 1320. The summed E-state index contributed by atoms with van der Waals surface area (Å²) in [5.41, 5.74) is 5.65. The molecule has 2 heterocycles. The number of anilines is 1. The minimum absolute atomic E-state index is 0.00360. The van der Waals surface area contributed by atoms with Gasteiger partial charge in [0.1, 0.15) is 5.82 Å². The van der Waals surface area contributed by atoms with Gasteiger partial charge in [0.15, 0.2) is 0 Å². The maximum absolute atomic E-state index is 14.9. The van der Waals surface area contributed by atoms with E-state index in [2.05, 4.69) is 4.90 Å². The number of nitrogens with zero attached hydrogens (tertiary/aromatic N) is 3. The molecular formula is C29H31ClFN3O3. The molecule has 1 saturated heterocycles. The van der Waals surface area contributed by atoms with Crippen molar-refractivity contribution in [2.24, 2.45) is 5.92 Å². The van der Waals surface area contributed by atoms with Crippen LogP contribution in [0.25, 0.3) is 5.69 Å². The van der Waals surface area contributed by atoms with Gasteiger partial charge in [0.25, 0.3) is 0 Å². The molecule has 3 aliphatic rings. The number of benzene rings is 2. The third-order valence-electron chi connectivity index (χ3n) is 8.18. The number of hydrogen-bond donors (Lipinski definition) is 1. The number of hydrogen-bond acceptors (Lipinski definition) is 4. The van der Waals surface area contributed by atoms with Gasteiger partial charge in [-0.25, -0.2) is 9.07 Å².